The van der Waals surface area contributed by atoms with Crippen molar-refractivity contribution in [3.8, 4) is 0 Å². The number of alkyl halides is 3. The molecule has 0 aromatic heterocycles. The highest BCUT2D eigenvalue weighted by Crippen LogP contribution is 2.26. The van der Waals surface area contributed by atoms with Gasteiger partial charge >= 0.3 is 5.97 Å². The van der Waals surface area contributed by atoms with Gasteiger partial charge in [-0.3, -0.25) is 14.4 Å². The van der Waals surface area contributed by atoms with Crippen LogP contribution in [0.5, 0.6) is 0 Å². The Balaban J connectivity index is 4.61. The molecular weight excluding hydrogens is 328 g/mol. The van der Waals surface area contributed by atoms with Crippen LogP contribution in [0.25, 0.3) is 0 Å². The van der Waals surface area contributed by atoms with Gasteiger partial charge in [-0.25, -0.2) is 0 Å². The highest BCUT2D eigenvalue weighted by molar-refractivity contribution is 6.76. The molecule has 1 N–H and O–H groups in total. The van der Waals surface area contributed by atoms with Gasteiger partial charge in [-0.15, -0.1) is 0 Å². The molecule has 0 radical (unpaired) electrons. The van der Waals surface area contributed by atoms with Crippen LogP contribution in [0.15, 0.2) is 0 Å². The molecule has 116 valence electrons. The van der Waals surface area contributed by atoms with Gasteiger partial charge in [0.05, 0.1) is 12.6 Å². The van der Waals surface area contributed by atoms with Crippen molar-refractivity contribution < 1.29 is 19.1 Å². The molecule has 0 spiro atoms. The van der Waals surface area contributed by atoms with E-state index in [-0.39, 0.29) is 31.7 Å². The fourth-order valence-corrected chi connectivity index (χ4v) is 1.63. The summed E-state index contributed by atoms with van der Waals surface area (Å²) < 4.78 is 2.62. The topological polar surface area (TPSA) is 72.5 Å². The van der Waals surface area contributed by atoms with Crippen LogP contribution < -0.4 is 5.32 Å². The predicted molar refractivity (Wildman–Crippen MR) is 78.0 cm³/mol. The lowest BCUT2D eigenvalue weighted by atomic mass is 10.0. The van der Waals surface area contributed by atoms with Gasteiger partial charge < -0.3 is 10.1 Å². The van der Waals surface area contributed by atoms with Crippen LogP contribution in [0.1, 0.15) is 39.5 Å². The number of hydrogen-bond acceptors (Lipinski definition) is 4. The van der Waals surface area contributed by atoms with E-state index in [1.54, 1.807) is 6.92 Å². The normalized spacial score (nSPS) is 12.7. The Bertz CT molecular complexity index is 355. The summed E-state index contributed by atoms with van der Waals surface area (Å²) in [5.74, 6) is -1.54. The largest absolute Gasteiger partial charge is 0.466 e. The summed E-state index contributed by atoms with van der Waals surface area (Å²) in [6, 6.07) is -0.859. The number of ether oxygens (including phenoxy) is 1. The molecule has 0 aromatic carbocycles. The molecule has 1 atom stereocenters. The predicted octanol–water partition coefficient (Wildman–Crippen LogP) is 2.55. The average Bonchev–Trinajstić information content (AvgIpc) is 2.33. The number of amides is 1. The number of ketones is 1. The summed E-state index contributed by atoms with van der Waals surface area (Å²) in [7, 11) is 0. The fourth-order valence-electron chi connectivity index (χ4n) is 1.47. The molecular formula is C12H18Cl3NO4. The molecule has 0 rings (SSSR count). The lowest BCUT2D eigenvalue weighted by Gasteiger charge is -2.19. The standard InChI is InChI=1S/C12H18Cl3NO4/c1-3-5-9(17)8(6-7-10(18)20-4-2)16-11(19)12(13,14)15/h8H,3-7H2,1-2H3,(H,16,19). The summed E-state index contributed by atoms with van der Waals surface area (Å²) in [5.41, 5.74) is 0. The van der Waals surface area contributed by atoms with E-state index in [0.717, 1.165) is 0 Å². The summed E-state index contributed by atoms with van der Waals surface area (Å²) in [4.78, 5) is 34.7. The minimum absolute atomic E-state index is 0.00803. The minimum Gasteiger partial charge on any atom is -0.466 e. The Morgan fingerprint density at radius 2 is 1.75 bits per heavy atom. The molecule has 0 aliphatic carbocycles. The molecule has 1 amide bonds. The van der Waals surface area contributed by atoms with E-state index >= 15 is 0 Å². The maximum Gasteiger partial charge on any atom is 0.305 e. The molecule has 0 aliphatic rings. The lowest BCUT2D eigenvalue weighted by molar-refractivity contribution is -0.143. The zero-order valence-corrected chi connectivity index (χ0v) is 13.6. The van der Waals surface area contributed by atoms with Crippen LogP contribution in [0.2, 0.25) is 0 Å². The minimum atomic E-state index is -2.14. The van der Waals surface area contributed by atoms with Gasteiger partial charge in [-0.05, 0) is 19.8 Å². The number of esters is 1. The van der Waals surface area contributed by atoms with Crippen molar-refractivity contribution in [2.45, 2.75) is 49.4 Å². The number of Topliss-reactive ketones (excluding diaryl/α,β-unsaturated/α-hetero) is 1. The molecule has 0 aliphatic heterocycles. The number of hydrogen-bond donors (Lipinski definition) is 1. The first-order chi connectivity index (χ1) is 9.22. The van der Waals surface area contributed by atoms with E-state index < -0.39 is 21.7 Å². The van der Waals surface area contributed by atoms with E-state index in [1.807, 2.05) is 6.92 Å². The second kappa shape index (κ2) is 9.42. The highest BCUT2D eigenvalue weighted by Gasteiger charge is 2.33. The molecule has 0 saturated heterocycles. The number of carbonyl (C=O) groups excluding carboxylic acids is 3. The van der Waals surface area contributed by atoms with Gasteiger partial charge in [0, 0.05) is 12.8 Å². The fraction of sp³-hybridized carbons (Fsp3) is 0.750. The van der Waals surface area contributed by atoms with Gasteiger partial charge in [0.2, 0.25) is 0 Å². The van der Waals surface area contributed by atoms with Crippen molar-refractivity contribution >= 4 is 52.5 Å². The van der Waals surface area contributed by atoms with Gasteiger partial charge in [-0.2, -0.15) is 0 Å². The van der Waals surface area contributed by atoms with Gasteiger partial charge in [0.1, 0.15) is 0 Å². The van der Waals surface area contributed by atoms with Crippen LogP contribution in [0, 0.1) is 0 Å². The first-order valence-electron chi connectivity index (χ1n) is 6.28. The molecule has 0 fully saturated rings. The summed E-state index contributed by atoms with van der Waals surface area (Å²) >= 11 is 16.3. The zero-order valence-electron chi connectivity index (χ0n) is 11.4. The van der Waals surface area contributed by atoms with Crippen molar-refractivity contribution in [2.75, 3.05) is 6.61 Å². The first-order valence-corrected chi connectivity index (χ1v) is 7.41. The Morgan fingerprint density at radius 3 is 2.20 bits per heavy atom. The van der Waals surface area contributed by atoms with Gasteiger partial charge in [0.15, 0.2) is 5.78 Å². The summed E-state index contributed by atoms with van der Waals surface area (Å²) in [6.45, 7) is 3.77. The maximum absolute atomic E-state index is 11.9. The summed E-state index contributed by atoms with van der Waals surface area (Å²) in [5, 5.41) is 2.35. The van der Waals surface area contributed by atoms with Crippen LogP contribution in [-0.2, 0) is 19.1 Å². The summed E-state index contributed by atoms with van der Waals surface area (Å²) in [6.07, 6.45) is 1.02. The average molecular weight is 347 g/mol. The van der Waals surface area contributed by atoms with Crippen LogP contribution >= 0.6 is 34.8 Å². The maximum atomic E-state index is 11.9. The Hall–Kier alpha value is -0.520. The smallest absolute Gasteiger partial charge is 0.305 e. The molecule has 0 bridgehead atoms. The third-order valence-corrected chi connectivity index (χ3v) is 2.91. The SMILES string of the molecule is CCCC(=O)C(CCC(=O)OCC)NC(=O)C(Cl)(Cl)Cl. The van der Waals surface area contributed by atoms with Gasteiger partial charge in [-0.1, -0.05) is 41.7 Å². The van der Waals surface area contributed by atoms with Gasteiger partial charge in [0.25, 0.3) is 9.70 Å². The number of nitrogens with one attached hydrogen (secondary N) is 1. The lowest BCUT2D eigenvalue weighted by Crippen LogP contribution is -2.46. The molecule has 1 unspecified atom stereocenters. The molecule has 0 aromatic rings. The monoisotopic (exact) mass is 345 g/mol. The van der Waals surface area contributed by atoms with E-state index in [2.05, 4.69) is 5.32 Å². The third kappa shape index (κ3) is 7.92. The quantitative estimate of drug-likeness (QED) is 0.541. The molecule has 5 nitrogen and oxygen atoms in total. The van der Waals surface area contributed by atoms with Crippen molar-refractivity contribution in [3.63, 3.8) is 0 Å². The Labute approximate surface area is 133 Å². The number of carbonyl (C=O) groups is 3. The van der Waals surface area contributed by atoms with E-state index in [1.165, 1.54) is 0 Å². The second-order valence-corrected chi connectivity index (χ2v) is 6.37. The first kappa shape index (κ1) is 19.5. The molecule has 8 heteroatoms. The van der Waals surface area contributed by atoms with Crippen molar-refractivity contribution in [1.29, 1.82) is 0 Å². The van der Waals surface area contributed by atoms with E-state index in [9.17, 15) is 14.4 Å². The molecule has 20 heavy (non-hydrogen) atoms. The third-order valence-electron chi connectivity index (χ3n) is 2.39. The van der Waals surface area contributed by atoms with Crippen molar-refractivity contribution in [3.05, 3.63) is 0 Å². The number of rotatable bonds is 8. The van der Waals surface area contributed by atoms with Crippen LogP contribution in [0.4, 0.5) is 0 Å². The Morgan fingerprint density at radius 1 is 1.15 bits per heavy atom. The highest BCUT2D eigenvalue weighted by atomic mass is 35.6. The van der Waals surface area contributed by atoms with Crippen molar-refractivity contribution in [1.82, 2.24) is 5.32 Å². The number of halogens is 3. The van der Waals surface area contributed by atoms with E-state index in [0.29, 0.717) is 6.42 Å². The van der Waals surface area contributed by atoms with Crippen LogP contribution in [0.3, 0.4) is 0 Å². The van der Waals surface area contributed by atoms with Crippen molar-refractivity contribution in [2.24, 2.45) is 0 Å². The zero-order chi connectivity index (χ0) is 15.8. The van der Waals surface area contributed by atoms with E-state index in [4.69, 9.17) is 39.5 Å². The molecule has 0 heterocycles. The van der Waals surface area contributed by atoms with Crippen LogP contribution in [-0.4, -0.2) is 34.1 Å². The molecule has 0 saturated carbocycles. The Kier molecular flexibility index (Phi) is 9.18. The second-order valence-electron chi connectivity index (χ2n) is 4.08.